The van der Waals surface area contributed by atoms with Crippen molar-refractivity contribution in [1.29, 1.82) is 0 Å². The Kier molecular flexibility index (Phi) is 5.68. The predicted molar refractivity (Wildman–Crippen MR) is 106 cm³/mol. The molecule has 0 bridgehead atoms. The molecule has 6 nitrogen and oxygen atoms in total. The molecular weight excluding hydrogens is 360 g/mol. The van der Waals surface area contributed by atoms with E-state index in [1.54, 1.807) is 12.1 Å². The molecule has 0 saturated heterocycles. The summed E-state index contributed by atoms with van der Waals surface area (Å²) in [6.45, 7) is 4.13. The van der Waals surface area contributed by atoms with E-state index in [9.17, 15) is 9.59 Å². The lowest BCUT2D eigenvalue weighted by Gasteiger charge is -2.18. The van der Waals surface area contributed by atoms with E-state index >= 15 is 0 Å². The Balaban J connectivity index is 2.46. The summed E-state index contributed by atoms with van der Waals surface area (Å²) >= 11 is 0. The predicted octanol–water partition coefficient (Wildman–Crippen LogP) is 5.41. The van der Waals surface area contributed by atoms with Crippen LogP contribution in [0.3, 0.4) is 0 Å². The van der Waals surface area contributed by atoms with Gasteiger partial charge in [0.2, 0.25) is 0 Å². The van der Waals surface area contributed by atoms with E-state index < -0.39 is 12.3 Å². The number of carbonyl (C=O) groups is 2. The number of fused-ring (bicyclic) bond motifs is 2. The van der Waals surface area contributed by atoms with Gasteiger partial charge in [-0.3, -0.25) is 0 Å². The molecular formula is C22H22O6. The zero-order chi connectivity index (χ0) is 20.3. The average molecular weight is 382 g/mol. The van der Waals surface area contributed by atoms with Crippen molar-refractivity contribution >= 4 is 33.9 Å². The Hall–Kier alpha value is -3.28. The van der Waals surface area contributed by atoms with Crippen LogP contribution in [0.2, 0.25) is 0 Å². The number of benzene rings is 3. The lowest BCUT2D eigenvalue weighted by Crippen LogP contribution is -2.11. The lowest BCUT2D eigenvalue weighted by atomic mass is 9.94. The van der Waals surface area contributed by atoms with Crippen molar-refractivity contribution in [2.45, 2.75) is 26.7 Å². The Bertz CT molecular complexity index is 970. The van der Waals surface area contributed by atoms with Gasteiger partial charge in [0.1, 0.15) is 11.5 Å². The van der Waals surface area contributed by atoms with Gasteiger partial charge < -0.3 is 18.9 Å². The summed E-state index contributed by atoms with van der Waals surface area (Å²) in [6, 6.07) is 11.2. The first kappa shape index (κ1) is 19.5. The van der Waals surface area contributed by atoms with E-state index in [-0.39, 0.29) is 0 Å². The minimum absolute atomic E-state index is 0.368. The first-order valence-corrected chi connectivity index (χ1v) is 9.05. The van der Waals surface area contributed by atoms with Gasteiger partial charge in [0.25, 0.3) is 0 Å². The van der Waals surface area contributed by atoms with Crippen molar-refractivity contribution in [1.82, 2.24) is 0 Å². The van der Waals surface area contributed by atoms with Crippen LogP contribution >= 0.6 is 0 Å². The molecule has 0 aromatic heterocycles. The second-order valence-electron chi connectivity index (χ2n) is 6.19. The average Bonchev–Trinajstić information content (AvgIpc) is 2.74. The van der Waals surface area contributed by atoms with Crippen molar-refractivity contribution in [2.75, 3.05) is 14.2 Å². The van der Waals surface area contributed by atoms with Gasteiger partial charge in [-0.25, -0.2) is 9.59 Å². The number of rotatable bonds is 4. The maximum atomic E-state index is 11.9. The molecule has 28 heavy (non-hydrogen) atoms. The number of methoxy groups -OCH3 is 2. The van der Waals surface area contributed by atoms with Crippen molar-refractivity contribution in [3.05, 3.63) is 47.5 Å². The fourth-order valence-electron chi connectivity index (χ4n) is 3.36. The molecule has 0 spiro atoms. The number of aryl methyl sites for hydroxylation is 2. The smallest absolute Gasteiger partial charge is 0.437 e. The second kappa shape index (κ2) is 8.17. The van der Waals surface area contributed by atoms with Crippen LogP contribution in [0.15, 0.2) is 36.4 Å². The third-order valence-corrected chi connectivity index (χ3v) is 4.71. The Morgan fingerprint density at radius 3 is 1.43 bits per heavy atom. The Labute approximate surface area is 162 Å². The molecule has 3 rings (SSSR count). The fraction of sp³-hybridized carbons (Fsp3) is 0.273. The summed E-state index contributed by atoms with van der Waals surface area (Å²) in [5.74, 6) is 0.735. The molecule has 0 aliphatic carbocycles. The van der Waals surface area contributed by atoms with Gasteiger partial charge in [0.15, 0.2) is 0 Å². The highest BCUT2D eigenvalue weighted by Crippen LogP contribution is 2.44. The van der Waals surface area contributed by atoms with Crippen molar-refractivity contribution in [2.24, 2.45) is 0 Å². The maximum Gasteiger partial charge on any atom is 0.513 e. The van der Waals surface area contributed by atoms with E-state index in [4.69, 9.17) is 18.9 Å². The van der Waals surface area contributed by atoms with Crippen LogP contribution in [-0.4, -0.2) is 26.5 Å². The van der Waals surface area contributed by atoms with Crippen LogP contribution in [0.5, 0.6) is 11.5 Å². The van der Waals surface area contributed by atoms with Gasteiger partial charge in [-0.1, -0.05) is 38.1 Å². The Morgan fingerprint density at radius 2 is 1.11 bits per heavy atom. The zero-order valence-electron chi connectivity index (χ0n) is 16.3. The van der Waals surface area contributed by atoms with Crippen LogP contribution in [0.4, 0.5) is 9.59 Å². The monoisotopic (exact) mass is 382 g/mol. The summed E-state index contributed by atoms with van der Waals surface area (Å²) in [7, 11) is 2.52. The third kappa shape index (κ3) is 3.45. The molecule has 0 amide bonds. The molecule has 0 atom stereocenters. The summed E-state index contributed by atoms with van der Waals surface area (Å²) in [5, 5.41) is 2.59. The molecule has 146 valence electrons. The van der Waals surface area contributed by atoms with E-state index in [1.165, 1.54) is 14.2 Å². The molecule has 0 fully saturated rings. The van der Waals surface area contributed by atoms with E-state index in [0.29, 0.717) is 33.0 Å². The Morgan fingerprint density at radius 1 is 0.714 bits per heavy atom. The van der Waals surface area contributed by atoms with Gasteiger partial charge in [0.05, 0.1) is 14.2 Å². The van der Waals surface area contributed by atoms with Gasteiger partial charge in [-0.05, 0) is 36.1 Å². The normalized spacial score (nSPS) is 10.7. The summed E-state index contributed by atoms with van der Waals surface area (Å²) in [6.07, 6.45) is 0.00421. The number of ether oxygens (including phenoxy) is 4. The number of hydrogen-bond donors (Lipinski definition) is 0. The van der Waals surface area contributed by atoms with Crippen LogP contribution in [0.1, 0.15) is 25.0 Å². The van der Waals surface area contributed by atoms with E-state index in [0.717, 1.165) is 24.0 Å². The molecule has 0 radical (unpaired) electrons. The first-order chi connectivity index (χ1) is 13.5. The molecule has 0 aliphatic heterocycles. The van der Waals surface area contributed by atoms with Gasteiger partial charge in [-0.15, -0.1) is 0 Å². The largest absolute Gasteiger partial charge is 0.513 e. The van der Waals surface area contributed by atoms with Crippen molar-refractivity contribution in [3.63, 3.8) is 0 Å². The van der Waals surface area contributed by atoms with Crippen LogP contribution < -0.4 is 9.47 Å². The highest BCUT2D eigenvalue weighted by molar-refractivity contribution is 6.12. The highest BCUT2D eigenvalue weighted by Gasteiger charge is 2.21. The number of carbonyl (C=O) groups excluding carboxylic acids is 2. The molecule has 0 saturated carbocycles. The molecule has 0 N–H and O–H groups in total. The van der Waals surface area contributed by atoms with E-state index in [1.807, 2.05) is 24.3 Å². The van der Waals surface area contributed by atoms with Gasteiger partial charge in [0, 0.05) is 21.5 Å². The second-order valence-corrected chi connectivity index (χ2v) is 6.19. The molecule has 3 aromatic carbocycles. The van der Waals surface area contributed by atoms with Gasteiger partial charge in [-0.2, -0.15) is 0 Å². The van der Waals surface area contributed by atoms with Crippen LogP contribution in [0.25, 0.3) is 21.5 Å². The van der Waals surface area contributed by atoms with Crippen LogP contribution in [0, 0.1) is 0 Å². The SMILES string of the molecule is CCc1cc2c(OC(=O)OC)c3ccccc3c(OC(=O)OC)c2cc1CC. The van der Waals surface area contributed by atoms with Crippen molar-refractivity contribution < 1.29 is 28.5 Å². The maximum absolute atomic E-state index is 11.9. The van der Waals surface area contributed by atoms with E-state index in [2.05, 4.69) is 13.8 Å². The third-order valence-electron chi connectivity index (χ3n) is 4.71. The molecule has 0 aliphatic rings. The fourth-order valence-corrected chi connectivity index (χ4v) is 3.36. The molecule has 0 heterocycles. The first-order valence-electron chi connectivity index (χ1n) is 9.05. The quantitative estimate of drug-likeness (QED) is 0.341. The molecule has 6 heteroatoms. The summed E-state index contributed by atoms with van der Waals surface area (Å²) < 4.78 is 20.4. The number of hydrogen-bond acceptors (Lipinski definition) is 6. The minimum atomic E-state index is -0.814. The summed E-state index contributed by atoms with van der Waals surface area (Å²) in [4.78, 5) is 23.8. The highest BCUT2D eigenvalue weighted by atomic mass is 16.7. The lowest BCUT2D eigenvalue weighted by molar-refractivity contribution is 0.120. The van der Waals surface area contributed by atoms with Crippen LogP contribution in [-0.2, 0) is 22.3 Å². The molecule has 3 aromatic rings. The standard InChI is InChI=1S/C22H22O6/c1-5-13-11-17-18(12-14(13)6-2)20(28-22(24)26-4)16-10-8-7-9-15(16)19(17)27-21(23)25-3/h7-12H,5-6H2,1-4H3. The topological polar surface area (TPSA) is 71.1 Å². The van der Waals surface area contributed by atoms with Crippen molar-refractivity contribution in [3.8, 4) is 11.5 Å². The minimum Gasteiger partial charge on any atom is -0.437 e. The summed E-state index contributed by atoms with van der Waals surface area (Å²) in [5.41, 5.74) is 2.26. The van der Waals surface area contributed by atoms with Gasteiger partial charge >= 0.3 is 12.3 Å². The molecule has 0 unspecified atom stereocenters. The zero-order valence-corrected chi connectivity index (χ0v) is 16.3.